The molecule has 1 aromatic rings. The van der Waals surface area contributed by atoms with E-state index in [0.717, 1.165) is 25.8 Å². The van der Waals surface area contributed by atoms with Crippen LogP contribution in [0, 0.1) is 0 Å². The number of likely N-dealkylation sites (tertiary alicyclic amines) is 1. The SMILES string of the molecule is NCC1CCCCN1C(=O)CCNC(=O)c1ccco1. The quantitative estimate of drug-likeness (QED) is 0.832. The van der Waals surface area contributed by atoms with Crippen LogP contribution in [0.4, 0.5) is 0 Å². The maximum Gasteiger partial charge on any atom is 0.286 e. The van der Waals surface area contributed by atoms with E-state index in [0.29, 0.717) is 19.5 Å². The van der Waals surface area contributed by atoms with Crippen molar-refractivity contribution >= 4 is 11.8 Å². The summed E-state index contributed by atoms with van der Waals surface area (Å²) in [6.45, 7) is 1.59. The highest BCUT2D eigenvalue weighted by molar-refractivity contribution is 5.91. The van der Waals surface area contributed by atoms with Gasteiger partial charge in [-0.25, -0.2) is 0 Å². The number of carbonyl (C=O) groups excluding carboxylic acids is 2. The Hall–Kier alpha value is -1.82. The number of piperidine rings is 1. The van der Waals surface area contributed by atoms with Crippen molar-refractivity contribution in [3.05, 3.63) is 24.2 Å². The summed E-state index contributed by atoms with van der Waals surface area (Å²) < 4.78 is 4.98. The van der Waals surface area contributed by atoms with Gasteiger partial charge in [-0.15, -0.1) is 0 Å². The molecule has 1 aliphatic rings. The molecule has 1 fully saturated rings. The summed E-state index contributed by atoms with van der Waals surface area (Å²) >= 11 is 0. The molecule has 2 rings (SSSR count). The van der Waals surface area contributed by atoms with Crippen LogP contribution in [0.3, 0.4) is 0 Å². The van der Waals surface area contributed by atoms with Crippen molar-refractivity contribution in [1.29, 1.82) is 0 Å². The molecule has 2 heterocycles. The molecule has 1 aliphatic heterocycles. The standard InChI is InChI=1S/C14H21N3O3/c15-10-11-4-1-2-8-17(11)13(18)6-7-16-14(19)12-5-3-9-20-12/h3,5,9,11H,1-2,4,6-8,10,15H2,(H,16,19). The summed E-state index contributed by atoms with van der Waals surface area (Å²) in [5.41, 5.74) is 5.70. The predicted octanol–water partition coefficient (Wildman–Crippen LogP) is 0.739. The van der Waals surface area contributed by atoms with Crippen molar-refractivity contribution in [2.75, 3.05) is 19.6 Å². The minimum Gasteiger partial charge on any atom is -0.459 e. The van der Waals surface area contributed by atoms with Crippen LogP contribution in [0.1, 0.15) is 36.2 Å². The Labute approximate surface area is 118 Å². The second-order valence-corrected chi connectivity index (χ2v) is 4.96. The van der Waals surface area contributed by atoms with Crippen molar-refractivity contribution in [1.82, 2.24) is 10.2 Å². The molecule has 0 saturated carbocycles. The van der Waals surface area contributed by atoms with Crippen LogP contribution in [0.15, 0.2) is 22.8 Å². The molecule has 3 N–H and O–H groups in total. The van der Waals surface area contributed by atoms with Gasteiger partial charge in [-0.2, -0.15) is 0 Å². The van der Waals surface area contributed by atoms with Crippen LogP contribution in [0.2, 0.25) is 0 Å². The molecule has 0 spiro atoms. The minimum absolute atomic E-state index is 0.0555. The van der Waals surface area contributed by atoms with Gasteiger partial charge in [0.2, 0.25) is 5.91 Å². The van der Waals surface area contributed by atoms with Gasteiger partial charge in [0.1, 0.15) is 0 Å². The maximum absolute atomic E-state index is 12.1. The first kappa shape index (κ1) is 14.6. The highest BCUT2D eigenvalue weighted by atomic mass is 16.3. The zero-order chi connectivity index (χ0) is 14.4. The molecule has 6 nitrogen and oxygen atoms in total. The number of nitrogens with zero attached hydrogens (tertiary/aromatic N) is 1. The first-order valence-electron chi connectivity index (χ1n) is 7.03. The third kappa shape index (κ3) is 3.60. The molecule has 0 aliphatic carbocycles. The van der Waals surface area contributed by atoms with E-state index in [1.807, 2.05) is 4.90 Å². The van der Waals surface area contributed by atoms with E-state index in [1.54, 1.807) is 12.1 Å². The molecule has 2 amide bonds. The summed E-state index contributed by atoms with van der Waals surface area (Å²) in [6.07, 6.45) is 4.87. The number of amides is 2. The van der Waals surface area contributed by atoms with E-state index in [9.17, 15) is 9.59 Å². The van der Waals surface area contributed by atoms with Gasteiger partial charge < -0.3 is 20.4 Å². The van der Waals surface area contributed by atoms with Crippen molar-refractivity contribution in [2.24, 2.45) is 5.73 Å². The van der Waals surface area contributed by atoms with E-state index >= 15 is 0 Å². The monoisotopic (exact) mass is 279 g/mol. The lowest BCUT2D eigenvalue weighted by atomic mass is 10.0. The fourth-order valence-electron chi connectivity index (χ4n) is 2.50. The smallest absolute Gasteiger partial charge is 0.286 e. The normalized spacial score (nSPS) is 18.9. The van der Waals surface area contributed by atoms with Gasteiger partial charge in [0.05, 0.1) is 6.26 Å². The van der Waals surface area contributed by atoms with Crippen LogP contribution in [0.5, 0.6) is 0 Å². The van der Waals surface area contributed by atoms with Gasteiger partial charge in [0.25, 0.3) is 5.91 Å². The van der Waals surface area contributed by atoms with Crippen molar-refractivity contribution < 1.29 is 14.0 Å². The van der Waals surface area contributed by atoms with Gasteiger partial charge in [0, 0.05) is 32.1 Å². The van der Waals surface area contributed by atoms with Crippen LogP contribution in [-0.2, 0) is 4.79 Å². The van der Waals surface area contributed by atoms with Crippen LogP contribution in [-0.4, -0.2) is 42.4 Å². The Balaban J connectivity index is 1.75. The van der Waals surface area contributed by atoms with E-state index < -0.39 is 0 Å². The van der Waals surface area contributed by atoms with Gasteiger partial charge in [-0.1, -0.05) is 0 Å². The summed E-state index contributed by atoms with van der Waals surface area (Å²) in [6, 6.07) is 3.39. The van der Waals surface area contributed by atoms with Crippen LogP contribution in [0.25, 0.3) is 0 Å². The van der Waals surface area contributed by atoms with E-state index in [-0.39, 0.29) is 23.6 Å². The summed E-state index contributed by atoms with van der Waals surface area (Å²) in [4.78, 5) is 25.6. The molecule has 6 heteroatoms. The Morgan fingerprint density at radius 3 is 3.00 bits per heavy atom. The summed E-state index contributed by atoms with van der Waals surface area (Å²) in [5, 5.41) is 2.68. The molecular weight excluding hydrogens is 258 g/mol. The highest BCUT2D eigenvalue weighted by Crippen LogP contribution is 2.16. The zero-order valence-corrected chi connectivity index (χ0v) is 11.5. The Bertz CT molecular complexity index is 445. The van der Waals surface area contributed by atoms with Crippen LogP contribution >= 0.6 is 0 Å². The molecule has 1 aromatic heterocycles. The lowest BCUT2D eigenvalue weighted by Crippen LogP contribution is -2.48. The van der Waals surface area contributed by atoms with Gasteiger partial charge in [0.15, 0.2) is 5.76 Å². The highest BCUT2D eigenvalue weighted by Gasteiger charge is 2.25. The number of nitrogens with one attached hydrogen (secondary N) is 1. The second kappa shape index (κ2) is 7.09. The average Bonchev–Trinajstić information content (AvgIpc) is 3.01. The molecule has 1 atom stereocenters. The minimum atomic E-state index is -0.295. The first-order valence-corrected chi connectivity index (χ1v) is 7.03. The number of hydrogen-bond donors (Lipinski definition) is 2. The molecule has 0 bridgehead atoms. The summed E-state index contributed by atoms with van der Waals surface area (Å²) in [7, 11) is 0. The largest absolute Gasteiger partial charge is 0.459 e. The lowest BCUT2D eigenvalue weighted by molar-refractivity contribution is -0.134. The maximum atomic E-state index is 12.1. The zero-order valence-electron chi connectivity index (χ0n) is 11.5. The van der Waals surface area contributed by atoms with Crippen molar-refractivity contribution in [2.45, 2.75) is 31.7 Å². The van der Waals surface area contributed by atoms with E-state index in [1.165, 1.54) is 6.26 Å². The van der Waals surface area contributed by atoms with E-state index in [2.05, 4.69) is 5.32 Å². The lowest BCUT2D eigenvalue weighted by Gasteiger charge is -2.35. The number of carbonyl (C=O) groups is 2. The number of furan rings is 1. The Kier molecular flexibility index (Phi) is 5.17. The molecule has 0 aromatic carbocycles. The number of rotatable bonds is 5. The third-order valence-corrected chi connectivity index (χ3v) is 3.59. The van der Waals surface area contributed by atoms with Crippen LogP contribution < -0.4 is 11.1 Å². The second-order valence-electron chi connectivity index (χ2n) is 4.96. The molecule has 110 valence electrons. The topological polar surface area (TPSA) is 88.6 Å². The number of hydrogen-bond acceptors (Lipinski definition) is 4. The molecule has 1 saturated heterocycles. The molecule has 1 unspecified atom stereocenters. The van der Waals surface area contributed by atoms with E-state index in [4.69, 9.17) is 10.2 Å². The third-order valence-electron chi connectivity index (χ3n) is 3.59. The first-order chi connectivity index (χ1) is 9.72. The fourth-order valence-corrected chi connectivity index (χ4v) is 2.50. The Morgan fingerprint density at radius 2 is 2.30 bits per heavy atom. The summed E-state index contributed by atoms with van der Waals surface area (Å²) in [5.74, 6) is 0.0203. The predicted molar refractivity (Wildman–Crippen MR) is 74.1 cm³/mol. The molecule has 0 radical (unpaired) electrons. The fraction of sp³-hybridized carbons (Fsp3) is 0.571. The van der Waals surface area contributed by atoms with Gasteiger partial charge >= 0.3 is 0 Å². The molecule has 20 heavy (non-hydrogen) atoms. The van der Waals surface area contributed by atoms with Gasteiger partial charge in [-0.05, 0) is 31.4 Å². The molecular formula is C14H21N3O3. The Morgan fingerprint density at radius 1 is 1.45 bits per heavy atom. The van der Waals surface area contributed by atoms with Crippen molar-refractivity contribution in [3.63, 3.8) is 0 Å². The van der Waals surface area contributed by atoms with Crippen molar-refractivity contribution in [3.8, 4) is 0 Å². The number of nitrogens with two attached hydrogens (primary N) is 1. The average molecular weight is 279 g/mol. The van der Waals surface area contributed by atoms with Gasteiger partial charge in [-0.3, -0.25) is 9.59 Å².